The molecule has 0 saturated heterocycles. The Labute approximate surface area is 64.1 Å². The fourth-order valence-electron chi connectivity index (χ4n) is 0.333. The third-order valence-corrected chi connectivity index (χ3v) is 0.663. The second-order valence-electron chi connectivity index (χ2n) is 1.30. The Morgan fingerprint density at radius 3 is 1.70 bits per heavy atom. The highest BCUT2D eigenvalue weighted by atomic mass is 16.3. The van der Waals surface area contributed by atoms with Crippen molar-refractivity contribution in [1.82, 2.24) is 0 Å². The van der Waals surface area contributed by atoms with E-state index in [1.807, 2.05) is 40.7 Å². The predicted octanol–water partition coefficient (Wildman–Crippen LogP) is 3.64. The van der Waals surface area contributed by atoms with Gasteiger partial charge in [0.05, 0.1) is 12.5 Å². The van der Waals surface area contributed by atoms with E-state index in [1.165, 1.54) is 5.56 Å². The van der Waals surface area contributed by atoms with Crippen LogP contribution in [0.3, 0.4) is 0 Å². The monoisotopic (exact) mass is 142 g/mol. The van der Waals surface area contributed by atoms with E-state index in [0.717, 1.165) is 0 Å². The zero-order valence-corrected chi connectivity index (χ0v) is 7.64. The Hall–Kier alpha value is -0.720. The Balaban J connectivity index is 0. The summed E-state index contributed by atoms with van der Waals surface area (Å²) >= 11 is 0. The molecule has 0 aliphatic rings. The molecule has 0 fully saturated rings. The maximum Gasteiger partial charge on any atom is 0.0931 e. The molecule has 1 nitrogen and oxygen atoms in total. The van der Waals surface area contributed by atoms with E-state index >= 15 is 0 Å². The second kappa shape index (κ2) is 11.1. The molecule has 1 rings (SSSR count). The smallest absolute Gasteiger partial charge is 0.0931 e. The number of rotatable bonds is 0. The van der Waals surface area contributed by atoms with Crippen molar-refractivity contribution in [2.75, 3.05) is 0 Å². The molecule has 0 aliphatic heterocycles. The topological polar surface area (TPSA) is 13.1 Å². The van der Waals surface area contributed by atoms with Gasteiger partial charge in [-0.3, -0.25) is 0 Å². The molecule has 0 N–H and O–H groups in total. The average Bonchev–Trinajstić information content (AvgIpc) is 2.48. The first-order valence-electron chi connectivity index (χ1n) is 3.88. The molecule has 0 spiro atoms. The summed E-state index contributed by atoms with van der Waals surface area (Å²) in [5.74, 6) is 0. The van der Waals surface area contributed by atoms with Crippen molar-refractivity contribution in [1.29, 1.82) is 0 Å². The van der Waals surface area contributed by atoms with Crippen LogP contribution in [0, 0.1) is 6.92 Å². The third-order valence-electron chi connectivity index (χ3n) is 0.663. The lowest BCUT2D eigenvalue weighted by Crippen LogP contribution is -1.48. The van der Waals surface area contributed by atoms with Crippen LogP contribution in [0.5, 0.6) is 0 Å². The second-order valence-corrected chi connectivity index (χ2v) is 1.30. The zero-order valence-electron chi connectivity index (χ0n) is 7.64. The minimum Gasteiger partial charge on any atom is -0.472 e. The van der Waals surface area contributed by atoms with Crippen LogP contribution in [0.4, 0.5) is 0 Å². The van der Waals surface area contributed by atoms with Crippen molar-refractivity contribution in [3.8, 4) is 0 Å². The molecule has 1 heterocycles. The van der Waals surface area contributed by atoms with Gasteiger partial charge in [-0.1, -0.05) is 27.7 Å². The SMILES string of the molecule is CC.CC.Cc1ccoc1. The van der Waals surface area contributed by atoms with E-state index in [0.29, 0.717) is 0 Å². The highest BCUT2D eigenvalue weighted by molar-refractivity contribution is 5.00. The van der Waals surface area contributed by atoms with Crippen molar-refractivity contribution in [2.45, 2.75) is 34.6 Å². The van der Waals surface area contributed by atoms with Crippen LogP contribution in [0.15, 0.2) is 23.0 Å². The van der Waals surface area contributed by atoms with Crippen LogP contribution in [0.2, 0.25) is 0 Å². The van der Waals surface area contributed by atoms with Gasteiger partial charge in [-0.25, -0.2) is 0 Å². The Morgan fingerprint density at radius 2 is 1.60 bits per heavy atom. The molecule has 0 aromatic carbocycles. The van der Waals surface area contributed by atoms with Crippen LogP contribution in [0.1, 0.15) is 33.3 Å². The van der Waals surface area contributed by atoms with Crippen LogP contribution in [0.25, 0.3) is 0 Å². The first-order valence-corrected chi connectivity index (χ1v) is 3.88. The molecule has 0 aliphatic carbocycles. The van der Waals surface area contributed by atoms with Crippen molar-refractivity contribution < 1.29 is 4.42 Å². The maximum atomic E-state index is 4.71. The summed E-state index contributed by atoms with van der Waals surface area (Å²) in [4.78, 5) is 0. The largest absolute Gasteiger partial charge is 0.472 e. The van der Waals surface area contributed by atoms with Crippen LogP contribution in [-0.2, 0) is 0 Å². The quantitative estimate of drug-likeness (QED) is 0.539. The summed E-state index contributed by atoms with van der Waals surface area (Å²) in [6, 6.07) is 1.92. The summed E-state index contributed by atoms with van der Waals surface area (Å²) in [6.07, 6.45) is 3.37. The molecule has 1 heteroatoms. The highest BCUT2D eigenvalue weighted by Crippen LogP contribution is 1.93. The van der Waals surface area contributed by atoms with E-state index in [-0.39, 0.29) is 0 Å². The zero-order chi connectivity index (χ0) is 8.41. The van der Waals surface area contributed by atoms with Crippen LogP contribution < -0.4 is 0 Å². The van der Waals surface area contributed by atoms with Gasteiger partial charge in [0, 0.05) is 0 Å². The van der Waals surface area contributed by atoms with Crippen molar-refractivity contribution in [2.24, 2.45) is 0 Å². The maximum absolute atomic E-state index is 4.71. The molecule has 10 heavy (non-hydrogen) atoms. The van der Waals surface area contributed by atoms with Crippen LogP contribution >= 0.6 is 0 Å². The minimum atomic E-state index is 1.18. The van der Waals surface area contributed by atoms with Gasteiger partial charge in [0.1, 0.15) is 0 Å². The van der Waals surface area contributed by atoms with Crippen molar-refractivity contribution >= 4 is 0 Å². The lowest BCUT2D eigenvalue weighted by molar-refractivity contribution is 0.565. The van der Waals surface area contributed by atoms with Gasteiger partial charge < -0.3 is 4.42 Å². The molecule has 0 saturated carbocycles. The third kappa shape index (κ3) is 7.28. The minimum absolute atomic E-state index is 1.18. The summed E-state index contributed by atoms with van der Waals surface area (Å²) < 4.78 is 4.71. The molecule has 1 aromatic rings. The first-order chi connectivity index (χ1) is 4.89. The summed E-state index contributed by atoms with van der Waals surface area (Å²) in [5, 5.41) is 0. The van der Waals surface area contributed by atoms with E-state index in [2.05, 4.69) is 0 Å². The molecule has 0 bridgehead atoms. The van der Waals surface area contributed by atoms with Crippen molar-refractivity contribution in [3.05, 3.63) is 24.2 Å². The predicted molar refractivity (Wildman–Crippen MR) is 46.1 cm³/mol. The molecule has 1 aromatic heterocycles. The van der Waals surface area contributed by atoms with E-state index in [1.54, 1.807) is 12.5 Å². The lowest BCUT2D eigenvalue weighted by Gasteiger charge is -1.63. The van der Waals surface area contributed by atoms with Gasteiger partial charge in [0.2, 0.25) is 0 Å². The van der Waals surface area contributed by atoms with Crippen molar-refractivity contribution in [3.63, 3.8) is 0 Å². The number of furan rings is 1. The standard InChI is InChI=1S/C5H6O.2C2H6/c1-5-2-3-6-4-5;2*1-2/h2-4H,1H3;2*1-2H3. The number of hydrogen-bond donors (Lipinski definition) is 0. The Bertz CT molecular complexity index is 108. The number of aryl methyl sites for hydroxylation is 1. The Kier molecular flexibility index (Phi) is 13.4. The van der Waals surface area contributed by atoms with E-state index in [4.69, 9.17) is 4.42 Å². The van der Waals surface area contributed by atoms with E-state index < -0.39 is 0 Å². The normalized spacial score (nSPS) is 6.50. The van der Waals surface area contributed by atoms with Gasteiger partial charge >= 0.3 is 0 Å². The van der Waals surface area contributed by atoms with Gasteiger partial charge in [0.25, 0.3) is 0 Å². The highest BCUT2D eigenvalue weighted by Gasteiger charge is 1.75. The lowest BCUT2D eigenvalue weighted by atomic mass is 10.4. The Morgan fingerprint density at radius 1 is 1.10 bits per heavy atom. The molecular weight excluding hydrogens is 124 g/mol. The van der Waals surface area contributed by atoms with Gasteiger partial charge in [-0.2, -0.15) is 0 Å². The fourth-order valence-corrected chi connectivity index (χ4v) is 0.333. The molecule has 60 valence electrons. The molecular formula is C9H18O. The summed E-state index contributed by atoms with van der Waals surface area (Å²) in [7, 11) is 0. The van der Waals surface area contributed by atoms with Gasteiger partial charge in [0.15, 0.2) is 0 Å². The summed E-state index contributed by atoms with van der Waals surface area (Å²) in [6.45, 7) is 9.99. The molecule has 0 atom stereocenters. The van der Waals surface area contributed by atoms with Gasteiger partial charge in [-0.15, -0.1) is 0 Å². The first kappa shape index (κ1) is 12.0. The fraction of sp³-hybridized carbons (Fsp3) is 0.556. The van der Waals surface area contributed by atoms with Gasteiger partial charge in [-0.05, 0) is 18.6 Å². The number of hydrogen-bond acceptors (Lipinski definition) is 1. The van der Waals surface area contributed by atoms with Crippen LogP contribution in [-0.4, -0.2) is 0 Å². The molecule has 0 unspecified atom stereocenters. The van der Waals surface area contributed by atoms with E-state index in [9.17, 15) is 0 Å². The summed E-state index contributed by atoms with van der Waals surface area (Å²) in [5.41, 5.74) is 1.18. The molecule has 0 amide bonds. The molecule has 0 radical (unpaired) electrons. The average molecular weight is 142 g/mol.